The van der Waals surface area contributed by atoms with E-state index in [9.17, 15) is 4.79 Å². The molecule has 0 aliphatic rings. The van der Waals surface area contributed by atoms with Gasteiger partial charge < -0.3 is 19.2 Å². The number of hydrogen-bond acceptors (Lipinski definition) is 13. The Hall–Kier alpha value is -6.67. The monoisotopic (exact) mass is 959 g/mol. The number of nitrogens with one attached hydrogen (secondary N) is 1. The number of H-pyrrole nitrogens is 1. The minimum absolute atomic E-state index is 0.0683. The number of aromatic nitrogens is 10. The molecule has 14 nitrogen and oxygen atoms in total. The third kappa shape index (κ3) is 21.0. The van der Waals surface area contributed by atoms with Crippen LogP contribution in [-0.2, 0) is 6.42 Å². The number of halogens is 1. The molecule has 368 valence electrons. The average Bonchev–Trinajstić information content (AvgIpc) is 3.33. The van der Waals surface area contributed by atoms with Crippen molar-refractivity contribution in [2.45, 2.75) is 132 Å². The van der Waals surface area contributed by atoms with Gasteiger partial charge in [-0.2, -0.15) is 20.2 Å². The Morgan fingerprint density at radius 3 is 1.70 bits per heavy atom. The fourth-order valence-corrected chi connectivity index (χ4v) is 5.91. The summed E-state index contributed by atoms with van der Waals surface area (Å²) in [5.74, 6) is 5.64. The van der Waals surface area contributed by atoms with Crippen molar-refractivity contribution in [3.63, 3.8) is 0 Å². The molecule has 0 spiro atoms. The summed E-state index contributed by atoms with van der Waals surface area (Å²) in [6.45, 7) is 26.5. The molecule has 1 atom stereocenters. The van der Waals surface area contributed by atoms with Gasteiger partial charge in [0.1, 0.15) is 29.3 Å². The predicted octanol–water partition coefficient (Wildman–Crippen LogP) is 12.3. The zero-order valence-electron chi connectivity index (χ0n) is 43.0. The van der Waals surface area contributed by atoms with Crippen LogP contribution in [0.1, 0.15) is 169 Å². The number of ether oxygens (including phenoxy) is 3. The van der Waals surface area contributed by atoms with E-state index in [-0.39, 0.29) is 17.6 Å². The molecule has 7 rings (SSSR count). The molecule has 0 aliphatic heterocycles. The highest BCUT2D eigenvalue weighted by Gasteiger charge is 2.12. The number of nitrogens with zero attached hydrogens (tertiary/aromatic N) is 9. The lowest BCUT2D eigenvalue weighted by molar-refractivity contribution is 0.221. The van der Waals surface area contributed by atoms with Crippen molar-refractivity contribution < 1.29 is 14.2 Å². The molecule has 0 bridgehead atoms. The number of rotatable bonds is 12. The number of aromatic amines is 1. The first-order valence-corrected chi connectivity index (χ1v) is 23.6. The number of hydrogen-bond donors (Lipinski definition) is 1. The van der Waals surface area contributed by atoms with Gasteiger partial charge in [-0.25, -0.2) is 24.9 Å². The molecule has 1 unspecified atom stereocenters. The molecule has 5 heterocycles. The number of methoxy groups -OCH3 is 2. The first-order chi connectivity index (χ1) is 32.8. The topological polar surface area (TPSA) is 177 Å². The van der Waals surface area contributed by atoms with Crippen molar-refractivity contribution in [1.29, 1.82) is 0 Å². The van der Waals surface area contributed by atoms with Gasteiger partial charge in [-0.05, 0) is 86.7 Å². The summed E-state index contributed by atoms with van der Waals surface area (Å²) < 4.78 is 15.8. The Kier molecular flexibility index (Phi) is 24.0. The second-order valence-electron chi connectivity index (χ2n) is 17.6. The summed E-state index contributed by atoms with van der Waals surface area (Å²) in [6, 6.07) is 29.2. The average molecular weight is 960 g/mol. The van der Waals surface area contributed by atoms with Crippen LogP contribution in [-0.4, -0.2) is 64.3 Å². The molecular formula is C54H71ClN10O4. The smallest absolute Gasteiger partial charge is 0.319 e. The van der Waals surface area contributed by atoms with Crippen LogP contribution in [0.3, 0.4) is 0 Å². The Balaban J connectivity index is 0.000000233. The van der Waals surface area contributed by atoms with Gasteiger partial charge in [0.25, 0.3) is 5.56 Å². The zero-order chi connectivity index (χ0) is 51.0. The number of aryl methyl sites for hydroxylation is 2. The summed E-state index contributed by atoms with van der Waals surface area (Å²) in [6.07, 6.45) is 4.31. The molecule has 2 aromatic carbocycles. The Labute approximate surface area is 414 Å². The van der Waals surface area contributed by atoms with E-state index in [1.807, 2.05) is 95.3 Å². The lowest BCUT2D eigenvalue weighted by Gasteiger charge is -2.15. The molecule has 0 saturated heterocycles. The first-order valence-electron chi connectivity index (χ1n) is 23.2. The largest absolute Gasteiger partial charge is 0.484 e. The van der Waals surface area contributed by atoms with Crippen molar-refractivity contribution in [3.8, 4) is 17.6 Å². The maximum Gasteiger partial charge on any atom is 0.319 e. The number of benzene rings is 2. The van der Waals surface area contributed by atoms with Crippen LogP contribution in [0.4, 0.5) is 0 Å². The van der Waals surface area contributed by atoms with Crippen LogP contribution in [0, 0.1) is 13.8 Å². The molecule has 0 amide bonds. The maximum absolute atomic E-state index is 10.9. The van der Waals surface area contributed by atoms with Crippen LogP contribution in [0.2, 0.25) is 5.02 Å². The molecular weight excluding hydrogens is 888 g/mol. The van der Waals surface area contributed by atoms with Crippen molar-refractivity contribution in [2.75, 3.05) is 14.2 Å². The van der Waals surface area contributed by atoms with Crippen LogP contribution >= 0.6 is 11.6 Å². The summed E-state index contributed by atoms with van der Waals surface area (Å²) in [5, 5.41) is 9.17. The van der Waals surface area contributed by atoms with Gasteiger partial charge >= 0.3 is 6.01 Å². The van der Waals surface area contributed by atoms with Gasteiger partial charge in [-0.1, -0.05) is 111 Å². The summed E-state index contributed by atoms with van der Waals surface area (Å²) >= 11 is 5.84. The second kappa shape index (κ2) is 29.3. The molecule has 69 heavy (non-hydrogen) atoms. The molecule has 0 aliphatic carbocycles. The van der Waals surface area contributed by atoms with Gasteiger partial charge in [-0.3, -0.25) is 4.79 Å². The van der Waals surface area contributed by atoms with Crippen molar-refractivity contribution in [2.24, 2.45) is 0 Å². The summed E-state index contributed by atoms with van der Waals surface area (Å²) in [5.41, 5.74) is 6.90. The van der Waals surface area contributed by atoms with Crippen molar-refractivity contribution in [1.82, 2.24) is 50.1 Å². The van der Waals surface area contributed by atoms with Gasteiger partial charge in [0.05, 0.1) is 37.0 Å². The highest BCUT2D eigenvalue weighted by Crippen LogP contribution is 2.23. The lowest BCUT2D eigenvalue weighted by Crippen LogP contribution is -2.12. The molecule has 0 saturated carbocycles. The second-order valence-corrected chi connectivity index (χ2v) is 18.0. The van der Waals surface area contributed by atoms with Crippen LogP contribution in [0.5, 0.6) is 17.6 Å². The van der Waals surface area contributed by atoms with E-state index >= 15 is 0 Å². The molecule has 7 aromatic rings. The van der Waals surface area contributed by atoms with Gasteiger partial charge in [0.2, 0.25) is 5.88 Å². The third-order valence-electron chi connectivity index (χ3n) is 9.77. The maximum atomic E-state index is 10.9. The third-order valence-corrected chi connectivity index (χ3v) is 10.0. The van der Waals surface area contributed by atoms with Crippen molar-refractivity contribution in [3.05, 3.63) is 176 Å². The van der Waals surface area contributed by atoms with E-state index in [2.05, 4.69) is 130 Å². The van der Waals surface area contributed by atoms with Gasteiger partial charge in [0, 0.05) is 65.1 Å². The normalized spacial score (nSPS) is 11.0. The van der Waals surface area contributed by atoms with Crippen LogP contribution in [0.15, 0.2) is 108 Å². The lowest BCUT2D eigenvalue weighted by atomic mass is 10.1. The minimum Gasteiger partial charge on any atom is -0.484 e. The first kappa shape index (κ1) is 56.7. The molecule has 0 fully saturated rings. The standard InChI is InChI=1S/C15H17ClN2O.C14H16N2.C9H14N2O2.C8H12N2O.C8H12N2/c1-10(2)15-17-9-8-14(18-15)11(3)19-13-6-4-12(16)5-7-13;1-11(2)14-9-8-13(15-16-14)10-12-6-4-3-5-7-12;1-6(2)7-5-8(12-3)11-9(10-7)13-4;1-5(2)8-9-6(3)4-7(11)10-8;1-6(2)8-9-5-4-7(3)10-8/h4-11H,1-3H3;3-9,11H,10H2,1-2H3;5-6H,1-4H3;4-5H,1-3H3,(H,9,10,11);4-6H,1-3H3. The molecule has 0 radical (unpaired) electrons. The molecule has 5 aromatic heterocycles. The molecule has 1 N–H and O–H groups in total. The van der Waals surface area contributed by atoms with Crippen LogP contribution in [0.25, 0.3) is 0 Å². The fraction of sp³-hybridized carbons (Fsp3) is 0.407. The SMILES string of the molecule is CC(C)c1ccc(Cc2ccccc2)nn1.CC(C)c1nccc(C(C)Oc2ccc(Cl)cc2)n1.COc1cc(C(C)C)nc(OC)n1.Cc1cc(=O)[nH]c(C(C)C)n1.Cc1ccnc(C(C)C)n1. The van der Waals surface area contributed by atoms with E-state index in [1.165, 1.54) is 11.6 Å². The highest BCUT2D eigenvalue weighted by molar-refractivity contribution is 6.30. The fourth-order valence-electron chi connectivity index (χ4n) is 5.78. The van der Waals surface area contributed by atoms with E-state index in [0.717, 1.165) is 63.8 Å². The Morgan fingerprint density at radius 2 is 1.19 bits per heavy atom. The minimum atomic E-state index is -0.123. The highest BCUT2D eigenvalue weighted by atomic mass is 35.5. The van der Waals surface area contributed by atoms with E-state index in [4.69, 9.17) is 25.8 Å². The van der Waals surface area contributed by atoms with Crippen molar-refractivity contribution >= 4 is 11.6 Å². The van der Waals surface area contributed by atoms with E-state index < -0.39 is 0 Å². The van der Waals surface area contributed by atoms with Crippen LogP contribution < -0.4 is 19.8 Å². The van der Waals surface area contributed by atoms with Gasteiger partial charge in [-0.15, -0.1) is 0 Å². The Morgan fingerprint density at radius 1 is 0.565 bits per heavy atom. The van der Waals surface area contributed by atoms with Gasteiger partial charge in [0.15, 0.2) is 0 Å². The van der Waals surface area contributed by atoms with E-state index in [1.54, 1.807) is 26.6 Å². The zero-order valence-corrected chi connectivity index (χ0v) is 43.8. The summed E-state index contributed by atoms with van der Waals surface area (Å²) in [4.78, 5) is 43.1. The predicted molar refractivity (Wildman–Crippen MR) is 276 cm³/mol. The summed E-state index contributed by atoms with van der Waals surface area (Å²) in [7, 11) is 3.12. The quantitative estimate of drug-likeness (QED) is 0.122. The van der Waals surface area contributed by atoms with E-state index in [0.29, 0.717) is 40.6 Å². The molecule has 15 heteroatoms. The Bertz CT molecular complexity index is 2590.